The normalized spacial score (nSPS) is 18.6. The van der Waals surface area contributed by atoms with Crippen LogP contribution < -0.4 is 15.4 Å². The molecule has 0 aliphatic heterocycles. The van der Waals surface area contributed by atoms with E-state index in [1.54, 1.807) is 37.4 Å². The zero-order valence-electron chi connectivity index (χ0n) is 15.8. The number of hydrogen-bond donors (Lipinski definition) is 2. The Bertz CT molecular complexity index is 896. The quantitative estimate of drug-likeness (QED) is 0.825. The zero-order chi connectivity index (χ0) is 19.9. The summed E-state index contributed by atoms with van der Waals surface area (Å²) in [6, 6.07) is 16.3. The Kier molecular flexibility index (Phi) is 6.28. The molecule has 0 saturated heterocycles. The zero-order valence-corrected chi connectivity index (χ0v) is 15.8. The molecule has 3 rings (SSSR count). The lowest BCUT2D eigenvalue weighted by molar-refractivity contribution is -0.125. The smallest absolute Gasteiger partial charge is 0.227 e. The van der Waals surface area contributed by atoms with Crippen molar-refractivity contribution in [1.29, 1.82) is 5.26 Å². The molecule has 1 aliphatic rings. The van der Waals surface area contributed by atoms with Crippen LogP contribution in [0.15, 0.2) is 48.5 Å². The standard InChI is InChI=1S/C22H23N3O3/c1-28-20-9-5-4-8-19(20)25-22(27)16-12-10-15(11-13-16)21(26)24-18-7-3-2-6-17(18)14-23/h2-9,15-16H,10-13H2,1H3,(H,24,26)(H,25,27). The van der Waals surface area contributed by atoms with E-state index < -0.39 is 0 Å². The summed E-state index contributed by atoms with van der Waals surface area (Å²) in [6.45, 7) is 0. The van der Waals surface area contributed by atoms with Gasteiger partial charge in [-0.1, -0.05) is 24.3 Å². The van der Waals surface area contributed by atoms with Crippen LogP contribution in [0.25, 0.3) is 0 Å². The van der Waals surface area contributed by atoms with Gasteiger partial charge in [0.1, 0.15) is 11.8 Å². The third-order valence-corrected chi connectivity index (χ3v) is 5.14. The minimum atomic E-state index is -0.151. The van der Waals surface area contributed by atoms with Crippen molar-refractivity contribution in [2.24, 2.45) is 11.8 Å². The second kappa shape index (κ2) is 9.05. The first kappa shape index (κ1) is 19.4. The van der Waals surface area contributed by atoms with Gasteiger partial charge in [0.15, 0.2) is 0 Å². The van der Waals surface area contributed by atoms with Gasteiger partial charge in [-0.2, -0.15) is 5.26 Å². The molecule has 0 unspecified atom stereocenters. The number of amides is 2. The molecule has 0 spiro atoms. The van der Waals surface area contributed by atoms with Crippen LogP contribution in [-0.2, 0) is 9.59 Å². The van der Waals surface area contributed by atoms with Gasteiger partial charge in [0.2, 0.25) is 11.8 Å². The summed E-state index contributed by atoms with van der Waals surface area (Å²) in [5, 5.41) is 14.9. The molecule has 1 fully saturated rings. The molecule has 6 nitrogen and oxygen atoms in total. The number of methoxy groups -OCH3 is 1. The fourth-order valence-corrected chi connectivity index (χ4v) is 3.52. The van der Waals surface area contributed by atoms with Crippen molar-refractivity contribution >= 4 is 23.2 Å². The number of anilines is 2. The topological polar surface area (TPSA) is 91.2 Å². The van der Waals surface area contributed by atoms with Crippen LogP contribution in [0, 0.1) is 23.2 Å². The fraction of sp³-hybridized carbons (Fsp3) is 0.318. The van der Waals surface area contributed by atoms with Crippen LogP contribution in [0.5, 0.6) is 5.75 Å². The van der Waals surface area contributed by atoms with Gasteiger partial charge in [-0.15, -0.1) is 0 Å². The van der Waals surface area contributed by atoms with Crippen molar-refractivity contribution in [3.63, 3.8) is 0 Å². The molecule has 144 valence electrons. The Balaban J connectivity index is 1.54. The van der Waals surface area contributed by atoms with E-state index in [9.17, 15) is 9.59 Å². The molecule has 0 radical (unpaired) electrons. The maximum atomic E-state index is 12.6. The number of nitrogens with one attached hydrogen (secondary N) is 2. The molecule has 2 amide bonds. The van der Waals surface area contributed by atoms with Crippen molar-refractivity contribution < 1.29 is 14.3 Å². The molecule has 0 bridgehead atoms. The van der Waals surface area contributed by atoms with E-state index in [-0.39, 0.29) is 23.7 Å². The van der Waals surface area contributed by atoms with Gasteiger partial charge in [0.25, 0.3) is 0 Å². The van der Waals surface area contributed by atoms with Crippen LogP contribution in [0.1, 0.15) is 31.2 Å². The van der Waals surface area contributed by atoms with Crippen LogP contribution in [-0.4, -0.2) is 18.9 Å². The van der Waals surface area contributed by atoms with E-state index in [2.05, 4.69) is 16.7 Å². The molecule has 28 heavy (non-hydrogen) atoms. The van der Waals surface area contributed by atoms with E-state index in [0.717, 1.165) is 0 Å². The number of nitriles is 1. The van der Waals surface area contributed by atoms with Gasteiger partial charge in [0, 0.05) is 11.8 Å². The first-order valence-electron chi connectivity index (χ1n) is 9.36. The summed E-state index contributed by atoms with van der Waals surface area (Å²) in [6.07, 6.45) is 2.59. The van der Waals surface area contributed by atoms with E-state index in [1.807, 2.05) is 18.2 Å². The van der Waals surface area contributed by atoms with Crippen LogP contribution in [0.4, 0.5) is 11.4 Å². The van der Waals surface area contributed by atoms with Gasteiger partial charge in [-0.25, -0.2) is 0 Å². The second-order valence-electron chi connectivity index (χ2n) is 6.88. The Morgan fingerprint density at radius 2 is 1.39 bits per heavy atom. The number of nitrogens with zero attached hydrogens (tertiary/aromatic N) is 1. The highest BCUT2D eigenvalue weighted by molar-refractivity contribution is 5.95. The molecular formula is C22H23N3O3. The average molecular weight is 377 g/mol. The molecule has 1 aliphatic carbocycles. The highest BCUT2D eigenvalue weighted by Gasteiger charge is 2.30. The maximum Gasteiger partial charge on any atom is 0.227 e. The second-order valence-corrected chi connectivity index (χ2v) is 6.88. The average Bonchev–Trinajstić information content (AvgIpc) is 2.74. The Morgan fingerprint density at radius 3 is 1.96 bits per heavy atom. The van der Waals surface area contributed by atoms with Gasteiger partial charge in [-0.3, -0.25) is 9.59 Å². The molecule has 0 heterocycles. The van der Waals surface area contributed by atoms with Crippen LogP contribution in [0.3, 0.4) is 0 Å². The highest BCUT2D eigenvalue weighted by Crippen LogP contribution is 2.32. The third-order valence-electron chi connectivity index (χ3n) is 5.14. The van der Waals surface area contributed by atoms with E-state index in [4.69, 9.17) is 10.00 Å². The van der Waals surface area contributed by atoms with Gasteiger partial charge in [0.05, 0.1) is 24.0 Å². The minimum absolute atomic E-state index is 0.0433. The lowest BCUT2D eigenvalue weighted by Gasteiger charge is -2.27. The molecule has 0 aromatic heterocycles. The van der Waals surface area contributed by atoms with E-state index in [0.29, 0.717) is 48.4 Å². The van der Waals surface area contributed by atoms with E-state index in [1.165, 1.54) is 0 Å². The number of rotatable bonds is 5. The van der Waals surface area contributed by atoms with Gasteiger partial charge >= 0.3 is 0 Å². The van der Waals surface area contributed by atoms with Crippen LogP contribution in [0.2, 0.25) is 0 Å². The van der Waals surface area contributed by atoms with Crippen molar-refractivity contribution in [2.75, 3.05) is 17.7 Å². The Labute approximate surface area is 164 Å². The third kappa shape index (κ3) is 4.49. The SMILES string of the molecule is COc1ccccc1NC(=O)C1CCC(C(=O)Nc2ccccc2C#N)CC1. The molecule has 1 saturated carbocycles. The van der Waals surface area contributed by atoms with E-state index >= 15 is 0 Å². The molecule has 2 N–H and O–H groups in total. The number of carbonyl (C=O) groups excluding carboxylic acids is 2. The molecule has 0 atom stereocenters. The summed E-state index contributed by atoms with van der Waals surface area (Å²) in [5.41, 5.74) is 1.63. The highest BCUT2D eigenvalue weighted by atomic mass is 16.5. The summed E-state index contributed by atoms with van der Waals surface area (Å²) in [5.74, 6) is 0.215. The molecule has 2 aromatic rings. The first-order chi connectivity index (χ1) is 13.6. The lowest BCUT2D eigenvalue weighted by atomic mass is 9.81. The number of carbonyl (C=O) groups is 2. The largest absolute Gasteiger partial charge is 0.495 e. The Morgan fingerprint density at radius 1 is 0.893 bits per heavy atom. The fourth-order valence-electron chi connectivity index (χ4n) is 3.52. The summed E-state index contributed by atoms with van der Waals surface area (Å²) < 4.78 is 5.27. The van der Waals surface area contributed by atoms with Crippen molar-refractivity contribution in [2.45, 2.75) is 25.7 Å². The number of hydrogen-bond acceptors (Lipinski definition) is 4. The monoisotopic (exact) mass is 377 g/mol. The first-order valence-corrected chi connectivity index (χ1v) is 9.36. The molecule has 2 aromatic carbocycles. The van der Waals surface area contributed by atoms with Crippen molar-refractivity contribution in [3.05, 3.63) is 54.1 Å². The van der Waals surface area contributed by atoms with Crippen molar-refractivity contribution in [1.82, 2.24) is 0 Å². The van der Waals surface area contributed by atoms with Gasteiger partial charge in [-0.05, 0) is 49.9 Å². The lowest BCUT2D eigenvalue weighted by Crippen LogP contribution is -2.32. The Hall–Kier alpha value is -3.33. The number of ether oxygens (including phenoxy) is 1. The predicted octanol–water partition coefficient (Wildman–Crippen LogP) is 3.95. The minimum Gasteiger partial charge on any atom is -0.495 e. The number of benzene rings is 2. The molecule has 6 heteroatoms. The molecular weight excluding hydrogens is 354 g/mol. The number of para-hydroxylation sites is 3. The van der Waals surface area contributed by atoms with Gasteiger partial charge < -0.3 is 15.4 Å². The predicted molar refractivity (Wildman–Crippen MR) is 107 cm³/mol. The summed E-state index contributed by atoms with van der Waals surface area (Å²) in [4.78, 5) is 25.1. The van der Waals surface area contributed by atoms with Crippen molar-refractivity contribution in [3.8, 4) is 11.8 Å². The maximum absolute atomic E-state index is 12.6. The summed E-state index contributed by atoms with van der Waals surface area (Å²) in [7, 11) is 1.57. The van der Waals surface area contributed by atoms with Crippen LogP contribution >= 0.6 is 0 Å². The summed E-state index contributed by atoms with van der Waals surface area (Å²) >= 11 is 0.